The summed E-state index contributed by atoms with van der Waals surface area (Å²) in [6.07, 6.45) is 0. The molecule has 0 saturated carbocycles. The molecule has 4 nitrogen and oxygen atoms in total. The summed E-state index contributed by atoms with van der Waals surface area (Å²) in [5.41, 5.74) is 0.829. The van der Waals surface area contributed by atoms with Crippen LogP contribution in [0.5, 0.6) is 0 Å². The first kappa shape index (κ1) is 16.6. The maximum absolute atomic E-state index is 12.9. The molecule has 6 heteroatoms. The summed E-state index contributed by atoms with van der Waals surface area (Å²) in [5.74, 6) is -1.33. The van der Waals surface area contributed by atoms with Crippen LogP contribution in [0.15, 0.2) is 63.7 Å². The Hall–Kier alpha value is -2.24. The number of hydrogen-bond donors (Lipinski definition) is 0. The molecule has 3 rings (SSSR count). The van der Waals surface area contributed by atoms with Crippen molar-refractivity contribution in [1.82, 2.24) is 0 Å². The third-order valence-electron chi connectivity index (χ3n) is 3.66. The quantitative estimate of drug-likeness (QED) is 0.748. The number of rotatable bonds is 2. The minimum absolute atomic E-state index is 0.116. The number of carbonyl (C=O) groups excluding carboxylic acids is 3. The molecule has 0 spiro atoms. The molecule has 0 atom stereocenters. The highest BCUT2D eigenvalue weighted by atomic mass is 79.9. The van der Waals surface area contributed by atoms with E-state index in [1.54, 1.807) is 48.5 Å². The van der Waals surface area contributed by atoms with Gasteiger partial charge in [0.25, 0.3) is 0 Å². The van der Waals surface area contributed by atoms with Crippen LogP contribution in [0.4, 0.5) is 5.69 Å². The number of ketones is 2. The highest BCUT2D eigenvalue weighted by Crippen LogP contribution is 2.33. The average molecular weight is 405 g/mol. The van der Waals surface area contributed by atoms with Gasteiger partial charge in [0, 0.05) is 28.2 Å². The number of allylic oxidation sites excluding steroid dienone is 2. The lowest BCUT2D eigenvalue weighted by atomic mass is 9.91. The van der Waals surface area contributed by atoms with Gasteiger partial charge in [-0.05, 0) is 24.3 Å². The van der Waals surface area contributed by atoms with E-state index in [2.05, 4.69) is 15.9 Å². The number of amides is 1. The zero-order valence-corrected chi connectivity index (χ0v) is 14.9. The lowest BCUT2D eigenvalue weighted by Gasteiger charge is -2.27. The highest BCUT2D eigenvalue weighted by Gasteiger charge is 2.36. The maximum Gasteiger partial charge on any atom is 0.228 e. The molecule has 0 unspecified atom stereocenters. The lowest BCUT2D eigenvalue weighted by Crippen LogP contribution is -2.36. The number of Topliss-reactive ketones (excluding diaryl/α,β-unsaturated/α-hetero) is 2. The fourth-order valence-corrected chi connectivity index (χ4v) is 3.13. The third kappa shape index (κ3) is 2.70. The van der Waals surface area contributed by atoms with Crippen molar-refractivity contribution in [3.05, 3.63) is 74.9 Å². The second-order valence-corrected chi connectivity index (χ2v) is 6.49. The van der Waals surface area contributed by atoms with Gasteiger partial charge in [0.2, 0.25) is 17.5 Å². The van der Waals surface area contributed by atoms with Gasteiger partial charge in [0.05, 0.1) is 0 Å². The Morgan fingerprint density at radius 2 is 1.50 bits per heavy atom. The molecule has 0 aromatic heterocycles. The average Bonchev–Trinajstić information content (AvgIpc) is 2.57. The Bertz CT molecular complexity index is 903. The highest BCUT2D eigenvalue weighted by molar-refractivity contribution is 9.10. The van der Waals surface area contributed by atoms with E-state index in [0.29, 0.717) is 5.69 Å². The van der Waals surface area contributed by atoms with Crippen LogP contribution in [0.25, 0.3) is 0 Å². The number of anilines is 1. The van der Waals surface area contributed by atoms with Crippen LogP contribution in [-0.2, 0) is 4.79 Å². The minimum Gasteiger partial charge on any atom is -0.287 e. The Morgan fingerprint density at radius 1 is 0.958 bits per heavy atom. The molecule has 24 heavy (non-hydrogen) atoms. The molecule has 2 aromatic carbocycles. The minimum atomic E-state index is -0.467. The zero-order chi connectivity index (χ0) is 17.4. The van der Waals surface area contributed by atoms with Crippen molar-refractivity contribution in [2.24, 2.45) is 0 Å². The molecule has 0 aliphatic heterocycles. The predicted octanol–water partition coefficient (Wildman–Crippen LogP) is 4.33. The molecule has 0 radical (unpaired) electrons. The molecular formula is C18H11BrClNO3. The van der Waals surface area contributed by atoms with Crippen LogP contribution in [0.1, 0.15) is 27.6 Å². The summed E-state index contributed by atoms with van der Waals surface area (Å²) in [4.78, 5) is 38.7. The van der Waals surface area contributed by atoms with Crippen molar-refractivity contribution in [2.45, 2.75) is 6.92 Å². The normalized spacial score (nSPS) is 13.8. The Labute approximate surface area is 151 Å². The number of fused-ring (bicyclic) bond motifs is 1. The van der Waals surface area contributed by atoms with Crippen LogP contribution in [0.2, 0.25) is 0 Å². The van der Waals surface area contributed by atoms with Crippen LogP contribution in [-0.4, -0.2) is 17.5 Å². The van der Waals surface area contributed by atoms with Gasteiger partial charge < -0.3 is 0 Å². The summed E-state index contributed by atoms with van der Waals surface area (Å²) in [6.45, 7) is 1.32. The largest absolute Gasteiger partial charge is 0.287 e. The topological polar surface area (TPSA) is 54.5 Å². The number of nitrogens with zero attached hydrogens (tertiary/aromatic N) is 1. The van der Waals surface area contributed by atoms with Gasteiger partial charge in [0.15, 0.2) is 0 Å². The molecule has 0 bridgehead atoms. The van der Waals surface area contributed by atoms with E-state index in [9.17, 15) is 14.4 Å². The monoisotopic (exact) mass is 403 g/mol. The van der Waals surface area contributed by atoms with Crippen molar-refractivity contribution in [3.63, 3.8) is 0 Å². The molecule has 2 aromatic rings. The summed E-state index contributed by atoms with van der Waals surface area (Å²) in [7, 11) is 0. The number of benzene rings is 2. The molecule has 1 aliphatic rings. The van der Waals surface area contributed by atoms with Gasteiger partial charge in [-0.3, -0.25) is 19.3 Å². The smallest absolute Gasteiger partial charge is 0.228 e. The van der Waals surface area contributed by atoms with E-state index in [-0.39, 0.29) is 21.9 Å². The molecule has 0 N–H and O–H groups in total. The summed E-state index contributed by atoms with van der Waals surface area (Å²) < 4.78 is 0.825. The van der Waals surface area contributed by atoms with E-state index in [4.69, 9.17) is 11.6 Å². The number of hydrogen-bond acceptors (Lipinski definition) is 3. The first-order valence-corrected chi connectivity index (χ1v) is 8.23. The van der Waals surface area contributed by atoms with Crippen molar-refractivity contribution in [3.8, 4) is 0 Å². The summed E-state index contributed by atoms with van der Waals surface area (Å²) in [5, 5.41) is -0.253. The van der Waals surface area contributed by atoms with Crippen molar-refractivity contribution >= 4 is 50.7 Å². The van der Waals surface area contributed by atoms with Crippen LogP contribution >= 0.6 is 27.5 Å². The maximum atomic E-state index is 12.9. The van der Waals surface area contributed by atoms with Gasteiger partial charge in [-0.1, -0.05) is 51.8 Å². The lowest BCUT2D eigenvalue weighted by molar-refractivity contribution is -0.116. The Kier molecular flexibility index (Phi) is 4.39. The van der Waals surface area contributed by atoms with Crippen molar-refractivity contribution < 1.29 is 14.4 Å². The zero-order valence-electron chi connectivity index (χ0n) is 12.5. The molecule has 1 amide bonds. The molecular weight excluding hydrogens is 394 g/mol. The third-order valence-corrected chi connectivity index (χ3v) is 4.54. The van der Waals surface area contributed by atoms with E-state index in [1.807, 2.05) is 0 Å². The van der Waals surface area contributed by atoms with Crippen LogP contribution in [0, 0.1) is 0 Å². The van der Waals surface area contributed by atoms with E-state index in [0.717, 1.165) is 4.47 Å². The van der Waals surface area contributed by atoms with Gasteiger partial charge in [-0.15, -0.1) is 0 Å². The van der Waals surface area contributed by atoms with Crippen LogP contribution in [0.3, 0.4) is 0 Å². The molecule has 0 saturated heterocycles. The molecule has 120 valence electrons. The second kappa shape index (κ2) is 6.34. The van der Waals surface area contributed by atoms with Crippen LogP contribution < -0.4 is 4.90 Å². The van der Waals surface area contributed by atoms with E-state index in [1.165, 1.54) is 11.8 Å². The standard InChI is InChI=1S/C18H11BrClNO3/c1-10(22)21(12-8-6-11(19)7-9-12)16-15(20)17(23)13-4-2-3-5-14(13)18(16)24/h2-9H,1H3. The van der Waals surface area contributed by atoms with Gasteiger partial charge in [-0.2, -0.15) is 0 Å². The first-order chi connectivity index (χ1) is 11.4. The number of halogens is 2. The van der Waals surface area contributed by atoms with Crippen molar-refractivity contribution in [1.29, 1.82) is 0 Å². The Balaban J connectivity index is 2.20. The SMILES string of the molecule is CC(=O)N(C1=C(Cl)C(=O)c2ccccc2C1=O)c1ccc(Br)cc1. The number of carbonyl (C=O) groups is 3. The van der Waals surface area contributed by atoms with E-state index < -0.39 is 17.5 Å². The molecule has 0 heterocycles. The summed E-state index contributed by atoms with van der Waals surface area (Å²) in [6, 6.07) is 13.2. The second-order valence-electron chi connectivity index (χ2n) is 5.20. The predicted molar refractivity (Wildman–Crippen MR) is 95.3 cm³/mol. The van der Waals surface area contributed by atoms with Gasteiger partial charge in [0.1, 0.15) is 10.7 Å². The summed E-state index contributed by atoms with van der Waals surface area (Å²) >= 11 is 9.50. The van der Waals surface area contributed by atoms with Gasteiger partial charge >= 0.3 is 0 Å². The van der Waals surface area contributed by atoms with Crippen molar-refractivity contribution in [2.75, 3.05) is 4.90 Å². The fraction of sp³-hybridized carbons (Fsp3) is 0.0556. The van der Waals surface area contributed by atoms with E-state index >= 15 is 0 Å². The van der Waals surface area contributed by atoms with Gasteiger partial charge in [-0.25, -0.2) is 0 Å². The molecule has 1 aliphatic carbocycles. The molecule has 0 fully saturated rings. The Morgan fingerprint density at radius 3 is 2.04 bits per heavy atom. The first-order valence-electron chi connectivity index (χ1n) is 7.06. The fourth-order valence-electron chi connectivity index (χ4n) is 2.59.